The minimum Gasteiger partial charge on any atom is -0.333 e. The Labute approximate surface area is 168 Å². The van der Waals surface area contributed by atoms with Crippen molar-refractivity contribution in [2.45, 2.75) is 79.1 Å². The number of rotatable bonds is 15. The van der Waals surface area contributed by atoms with Crippen molar-refractivity contribution < 1.29 is 28.5 Å². The standard InChI is InChI=1S/C18H38N2O6P2/c1-17(2,11-13-27(19,23)24)9-7-15(21)5-6-16(22)8-10-18(3,4)12-14-28(20,25)26/h5-14H2,1-4H3,(H3,19,23,24)(H3,20,25,26). The molecular weight excluding hydrogens is 402 g/mol. The lowest BCUT2D eigenvalue weighted by molar-refractivity contribution is -0.124. The maximum absolute atomic E-state index is 12.1. The zero-order chi connectivity index (χ0) is 22.2. The number of nitrogens with two attached hydrogens (primary N) is 2. The molecule has 10 heteroatoms. The third-order valence-corrected chi connectivity index (χ3v) is 6.79. The van der Waals surface area contributed by atoms with Gasteiger partial charge in [-0.15, -0.1) is 0 Å². The van der Waals surface area contributed by atoms with Crippen molar-refractivity contribution in [1.29, 1.82) is 0 Å². The molecule has 166 valence electrons. The predicted molar refractivity (Wildman–Crippen MR) is 112 cm³/mol. The van der Waals surface area contributed by atoms with E-state index in [4.69, 9.17) is 11.0 Å². The van der Waals surface area contributed by atoms with Crippen LogP contribution in [0, 0.1) is 10.8 Å². The van der Waals surface area contributed by atoms with Gasteiger partial charge in [-0.3, -0.25) is 29.7 Å². The van der Waals surface area contributed by atoms with E-state index in [2.05, 4.69) is 0 Å². The van der Waals surface area contributed by atoms with Crippen molar-refractivity contribution in [3.8, 4) is 0 Å². The van der Waals surface area contributed by atoms with Crippen molar-refractivity contribution in [3.05, 3.63) is 0 Å². The quantitative estimate of drug-likeness (QED) is 0.281. The molecule has 0 spiro atoms. The van der Waals surface area contributed by atoms with Gasteiger partial charge in [0.15, 0.2) is 0 Å². The van der Waals surface area contributed by atoms with E-state index in [1.165, 1.54) is 0 Å². The average molecular weight is 440 g/mol. The van der Waals surface area contributed by atoms with E-state index in [9.17, 15) is 28.5 Å². The molecule has 0 saturated heterocycles. The number of Topliss-reactive ketones (excluding diaryl/α,β-unsaturated/α-hetero) is 2. The second kappa shape index (κ2) is 11.1. The van der Waals surface area contributed by atoms with Crippen LogP contribution in [0.4, 0.5) is 0 Å². The van der Waals surface area contributed by atoms with Gasteiger partial charge < -0.3 is 9.79 Å². The summed E-state index contributed by atoms with van der Waals surface area (Å²) in [6.45, 7) is 7.71. The molecule has 2 unspecified atom stereocenters. The Morgan fingerprint density at radius 2 is 0.964 bits per heavy atom. The monoisotopic (exact) mass is 440 g/mol. The molecule has 0 amide bonds. The van der Waals surface area contributed by atoms with Gasteiger partial charge >= 0.3 is 0 Å². The van der Waals surface area contributed by atoms with Gasteiger partial charge in [0.25, 0.3) is 15.0 Å². The van der Waals surface area contributed by atoms with E-state index >= 15 is 0 Å². The van der Waals surface area contributed by atoms with Crippen molar-refractivity contribution in [2.75, 3.05) is 12.3 Å². The molecule has 0 saturated carbocycles. The normalized spacial score (nSPS) is 17.0. The van der Waals surface area contributed by atoms with Gasteiger partial charge in [-0.1, -0.05) is 27.7 Å². The second-order valence-electron chi connectivity index (χ2n) is 9.36. The number of carbonyl (C=O) groups excluding carboxylic acids is 2. The number of hydrogen-bond donors (Lipinski definition) is 4. The highest BCUT2D eigenvalue weighted by atomic mass is 31.2. The average Bonchev–Trinajstić information content (AvgIpc) is 2.52. The lowest BCUT2D eigenvalue weighted by Crippen LogP contribution is -2.18. The Balaban J connectivity index is 4.16. The fourth-order valence-electron chi connectivity index (χ4n) is 2.66. The summed E-state index contributed by atoms with van der Waals surface area (Å²) in [5.41, 5.74) is 9.77. The predicted octanol–water partition coefficient (Wildman–Crippen LogP) is 3.59. The Morgan fingerprint density at radius 1 is 0.679 bits per heavy atom. The van der Waals surface area contributed by atoms with Gasteiger partial charge in [0.05, 0.1) is 0 Å². The van der Waals surface area contributed by atoms with E-state index in [1.807, 2.05) is 27.7 Å². The molecule has 0 rings (SSSR count). The van der Waals surface area contributed by atoms with E-state index in [0.717, 1.165) is 0 Å². The maximum atomic E-state index is 12.1. The first-order chi connectivity index (χ1) is 12.4. The van der Waals surface area contributed by atoms with Crippen molar-refractivity contribution in [2.24, 2.45) is 21.8 Å². The van der Waals surface area contributed by atoms with Crippen molar-refractivity contribution in [1.82, 2.24) is 0 Å². The molecule has 0 bridgehead atoms. The Morgan fingerprint density at radius 3 is 1.21 bits per heavy atom. The van der Waals surface area contributed by atoms with Crippen LogP contribution in [0.3, 0.4) is 0 Å². The lowest BCUT2D eigenvalue weighted by atomic mass is 9.83. The summed E-state index contributed by atoms with van der Waals surface area (Å²) < 4.78 is 22.4. The summed E-state index contributed by atoms with van der Waals surface area (Å²) in [6, 6.07) is 0. The van der Waals surface area contributed by atoms with Crippen molar-refractivity contribution >= 4 is 26.6 Å². The van der Waals surface area contributed by atoms with Crippen LogP contribution >= 0.6 is 15.0 Å². The fraction of sp³-hybridized carbons (Fsp3) is 0.889. The highest BCUT2D eigenvalue weighted by Crippen LogP contribution is 2.38. The van der Waals surface area contributed by atoms with Crippen LogP contribution < -0.4 is 11.0 Å². The van der Waals surface area contributed by atoms with Gasteiger partial charge in [0, 0.05) is 38.0 Å². The smallest absolute Gasteiger partial charge is 0.264 e. The zero-order valence-electron chi connectivity index (χ0n) is 17.6. The topological polar surface area (TPSA) is 161 Å². The van der Waals surface area contributed by atoms with Crippen LogP contribution in [0.15, 0.2) is 0 Å². The van der Waals surface area contributed by atoms with Gasteiger partial charge in [0.2, 0.25) is 0 Å². The SMILES string of the molecule is CC(C)(CCC(=O)CCC(=O)CCC(C)(C)CCP(N)(=O)O)CCP(N)(=O)O. The molecule has 0 radical (unpaired) electrons. The minimum atomic E-state index is -3.54. The Hall–Kier alpha value is -0.360. The van der Waals surface area contributed by atoms with E-state index in [-0.39, 0.29) is 47.6 Å². The maximum Gasteiger partial charge on any atom is 0.264 e. The molecule has 0 aliphatic rings. The summed E-state index contributed by atoms with van der Waals surface area (Å²) in [6.07, 6.45) is 3.17. The Kier molecular flexibility index (Phi) is 11.0. The molecular formula is C18H38N2O6P2. The van der Waals surface area contributed by atoms with Crippen molar-refractivity contribution in [3.63, 3.8) is 0 Å². The van der Waals surface area contributed by atoms with Gasteiger partial charge in [0.1, 0.15) is 11.6 Å². The van der Waals surface area contributed by atoms with Gasteiger partial charge in [-0.05, 0) is 36.5 Å². The fourth-order valence-corrected chi connectivity index (χ4v) is 4.51. The van der Waals surface area contributed by atoms with E-state index in [1.54, 1.807) is 0 Å². The lowest BCUT2D eigenvalue weighted by Gasteiger charge is -2.25. The van der Waals surface area contributed by atoms with E-state index in [0.29, 0.717) is 38.5 Å². The van der Waals surface area contributed by atoms with E-state index < -0.39 is 15.0 Å². The summed E-state index contributed by atoms with van der Waals surface area (Å²) in [4.78, 5) is 42.5. The molecule has 28 heavy (non-hydrogen) atoms. The van der Waals surface area contributed by atoms with Crippen LogP contribution in [-0.4, -0.2) is 33.7 Å². The molecule has 6 N–H and O–H groups in total. The Bertz CT molecular complexity index is 568. The molecule has 0 aliphatic heterocycles. The zero-order valence-corrected chi connectivity index (χ0v) is 19.4. The minimum absolute atomic E-state index is 0.00460. The highest BCUT2D eigenvalue weighted by Gasteiger charge is 2.25. The molecule has 2 atom stereocenters. The summed E-state index contributed by atoms with van der Waals surface area (Å²) >= 11 is 0. The highest BCUT2D eigenvalue weighted by molar-refractivity contribution is 7.55. The first-order valence-corrected chi connectivity index (χ1v) is 13.5. The van der Waals surface area contributed by atoms with Crippen LogP contribution in [0.1, 0.15) is 79.1 Å². The molecule has 0 aromatic carbocycles. The molecule has 0 aromatic heterocycles. The summed E-state index contributed by atoms with van der Waals surface area (Å²) in [5, 5.41) is 0. The van der Waals surface area contributed by atoms with Crippen LogP contribution in [-0.2, 0) is 18.7 Å². The number of carbonyl (C=O) groups is 2. The first kappa shape index (κ1) is 27.6. The summed E-state index contributed by atoms with van der Waals surface area (Å²) in [5.74, 6) is 0.00920. The molecule has 0 aromatic rings. The number of hydrogen-bond acceptors (Lipinski definition) is 4. The van der Waals surface area contributed by atoms with Gasteiger partial charge in [-0.2, -0.15) is 0 Å². The van der Waals surface area contributed by atoms with Crippen LogP contribution in [0.25, 0.3) is 0 Å². The first-order valence-electron chi connectivity index (χ1n) is 9.65. The molecule has 0 heterocycles. The second-order valence-corrected chi connectivity index (χ2v) is 13.3. The number of ketones is 2. The largest absolute Gasteiger partial charge is 0.333 e. The summed E-state index contributed by atoms with van der Waals surface area (Å²) in [7, 11) is -7.08. The van der Waals surface area contributed by atoms with Crippen LogP contribution in [0.2, 0.25) is 0 Å². The molecule has 0 fully saturated rings. The van der Waals surface area contributed by atoms with Crippen LogP contribution in [0.5, 0.6) is 0 Å². The molecule has 0 aliphatic carbocycles. The third kappa shape index (κ3) is 16.6. The van der Waals surface area contributed by atoms with Gasteiger partial charge in [-0.25, -0.2) is 0 Å². The third-order valence-electron chi connectivity index (χ3n) is 5.06. The molecule has 8 nitrogen and oxygen atoms in total.